The highest BCUT2D eigenvalue weighted by atomic mass is 16.5. The third-order valence-corrected chi connectivity index (χ3v) is 4.68. The van der Waals surface area contributed by atoms with Gasteiger partial charge in [0.1, 0.15) is 0 Å². The number of methoxy groups -OCH3 is 1. The van der Waals surface area contributed by atoms with E-state index in [0.29, 0.717) is 19.1 Å². The quantitative estimate of drug-likeness (QED) is 0.840. The topological polar surface area (TPSA) is 66.8 Å². The van der Waals surface area contributed by atoms with Crippen LogP contribution in [0.2, 0.25) is 0 Å². The molecule has 1 aromatic carbocycles. The van der Waals surface area contributed by atoms with Crippen LogP contribution in [0.25, 0.3) is 0 Å². The summed E-state index contributed by atoms with van der Waals surface area (Å²) in [4.78, 5) is 27.1. The summed E-state index contributed by atoms with van der Waals surface area (Å²) in [5, 5.41) is 10.5. The fourth-order valence-electron chi connectivity index (χ4n) is 3.12. The third-order valence-electron chi connectivity index (χ3n) is 4.68. The molecule has 142 valence electrons. The molecule has 0 fully saturated rings. The average molecular weight is 359 g/mol. The molecule has 5 heteroatoms. The largest absolute Gasteiger partial charge is 0.503 e. The van der Waals surface area contributed by atoms with Crippen molar-refractivity contribution >= 4 is 11.7 Å². The highest BCUT2D eigenvalue weighted by Gasteiger charge is 2.45. The molecule has 0 bridgehead atoms. The first-order valence-electron chi connectivity index (χ1n) is 8.97. The van der Waals surface area contributed by atoms with E-state index >= 15 is 0 Å². The van der Waals surface area contributed by atoms with Crippen LogP contribution < -0.4 is 0 Å². The predicted octanol–water partition coefficient (Wildman–Crippen LogP) is 3.77. The monoisotopic (exact) mass is 359 g/mol. The lowest BCUT2D eigenvalue weighted by molar-refractivity contribution is -0.130. The molecule has 1 unspecified atom stereocenters. The number of rotatable bonds is 6. The maximum atomic E-state index is 13.0. The van der Waals surface area contributed by atoms with E-state index in [0.717, 1.165) is 5.56 Å². The number of aliphatic hydroxyl groups excluding tert-OH is 1. The van der Waals surface area contributed by atoms with E-state index in [9.17, 15) is 14.7 Å². The van der Waals surface area contributed by atoms with Gasteiger partial charge in [-0.1, -0.05) is 58.9 Å². The first-order valence-corrected chi connectivity index (χ1v) is 8.97. The summed E-state index contributed by atoms with van der Waals surface area (Å²) in [5.74, 6) is -0.800. The molecule has 26 heavy (non-hydrogen) atoms. The lowest BCUT2D eigenvalue weighted by Gasteiger charge is -2.29. The number of aliphatic hydroxyl groups is 1. The van der Waals surface area contributed by atoms with Crippen LogP contribution in [0, 0.1) is 5.41 Å². The third kappa shape index (κ3) is 3.83. The van der Waals surface area contributed by atoms with E-state index < -0.39 is 23.1 Å². The average Bonchev–Trinajstić information content (AvgIpc) is 2.82. The van der Waals surface area contributed by atoms with Gasteiger partial charge in [-0.2, -0.15) is 0 Å². The van der Waals surface area contributed by atoms with Gasteiger partial charge in [-0.3, -0.25) is 9.59 Å². The molecule has 0 saturated heterocycles. The first-order chi connectivity index (χ1) is 12.1. The van der Waals surface area contributed by atoms with Gasteiger partial charge in [-0.05, 0) is 17.0 Å². The molecule has 1 amide bonds. The molecule has 2 rings (SSSR count). The minimum atomic E-state index is -0.697. The zero-order chi connectivity index (χ0) is 19.6. The molecule has 1 heterocycles. The molecule has 1 N–H and O–H groups in total. The SMILES string of the molecule is COCCN1C(=O)C(O)=C(C(=O)C(C)(C)C)C1c1ccc(C(C)C)cc1. The Morgan fingerprint density at radius 1 is 1.23 bits per heavy atom. The van der Waals surface area contributed by atoms with Gasteiger partial charge in [0, 0.05) is 19.1 Å². The van der Waals surface area contributed by atoms with Gasteiger partial charge in [0.25, 0.3) is 5.91 Å². The Morgan fingerprint density at radius 3 is 2.27 bits per heavy atom. The van der Waals surface area contributed by atoms with Crippen molar-refractivity contribution in [1.29, 1.82) is 0 Å². The van der Waals surface area contributed by atoms with Gasteiger partial charge in [0.15, 0.2) is 11.5 Å². The van der Waals surface area contributed by atoms with Gasteiger partial charge in [-0.25, -0.2) is 0 Å². The summed E-state index contributed by atoms with van der Waals surface area (Å²) in [6, 6.07) is 7.29. The van der Waals surface area contributed by atoms with Crippen molar-refractivity contribution < 1.29 is 19.4 Å². The van der Waals surface area contributed by atoms with E-state index in [1.54, 1.807) is 27.9 Å². The normalized spacial score (nSPS) is 18.2. The van der Waals surface area contributed by atoms with Gasteiger partial charge >= 0.3 is 0 Å². The standard InChI is InChI=1S/C21H29NO4/c1-13(2)14-7-9-15(10-8-14)17-16(19(24)21(3,4)5)18(23)20(25)22(17)11-12-26-6/h7-10,13,17,23H,11-12H2,1-6H3. The Morgan fingerprint density at radius 2 is 1.81 bits per heavy atom. The van der Waals surface area contributed by atoms with E-state index in [4.69, 9.17) is 4.74 Å². The molecule has 1 aromatic rings. The number of hydrogen-bond donors (Lipinski definition) is 1. The van der Waals surface area contributed by atoms with Crippen molar-refractivity contribution in [1.82, 2.24) is 4.90 Å². The fourth-order valence-corrected chi connectivity index (χ4v) is 3.12. The van der Waals surface area contributed by atoms with Crippen molar-refractivity contribution in [2.24, 2.45) is 5.41 Å². The van der Waals surface area contributed by atoms with Crippen molar-refractivity contribution in [3.8, 4) is 0 Å². The summed E-state index contributed by atoms with van der Waals surface area (Å²) in [5.41, 5.74) is 1.47. The van der Waals surface area contributed by atoms with Crippen LogP contribution in [0.5, 0.6) is 0 Å². The second-order valence-electron chi connectivity index (χ2n) is 8.06. The summed E-state index contributed by atoms with van der Waals surface area (Å²) in [6.07, 6.45) is 0. The minimum Gasteiger partial charge on any atom is -0.503 e. The summed E-state index contributed by atoms with van der Waals surface area (Å²) < 4.78 is 5.11. The number of amides is 1. The summed E-state index contributed by atoms with van der Waals surface area (Å²) >= 11 is 0. The Hall–Kier alpha value is -2.14. The smallest absolute Gasteiger partial charge is 0.290 e. The summed E-state index contributed by atoms with van der Waals surface area (Å²) in [7, 11) is 1.56. The van der Waals surface area contributed by atoms with Crippen molar-refractivity contribution in [2.45, 2.75) is 46.6 Å². The van der Waals surface area contributed by atoms with Crippen LogP contribution in [0.15, 0.2) is 35.6 Å². The molecule has 0 aromatic heterocycles. The molecule has 1 aliphatic rings. The first kappa shape index (κ1) is 20.2. The van der Waals surface area contributed by atoms with Crippen molar-refractivity contribution in [3.63, 3.8) is 0 Å². The van der Waals surface area contributed by atoms with Crippen molar-refractivity contribution in [2.75, 3.05) is 20.3 Å². The number of hydrogen-bond acceptors (Lipinski definition) is 4. The number of ketones is 1. The van der Waals surface area contributed by atoms with Gasteiger partial charge in [0.05, 0.1) is 18.2 Å². The lowest BCUT2D eigenvalue weighted by Crippen LogP contribution is -2.35. The number of carbonyl (C=O) groups excluding carboxylic acids is 2. The molecular weight excluding hydrogens is 330 g/mol. The van der Waals surface area contributed by atoms with Crippen LogP contribution in [0.3, 0.4) is 0 Å². The van der Waals surface area contributed by atoms with Gasteiger partial charge in [-0.15, -0.1) is 0 Å². The molecule has 5 nitrogen and oxygen atoms in total. The molecule has 0 radical (unpaired) electrons. The molecular formula is C21H29NO4. The Bertz CT molecular complexity index is 711. The van der Waals surface area contributed by atoms with E-state index in [1.807, 2.05) is 24.3 Å². The Balaban J connectivity index is 2.52. The van der Waals surface area contributed by atoms with Crippen LogP contribution in [0.1, 0.15) is 57.7 Å². The van der Waals surface area contributed by atoms with Crippen LogP contribution in [-0.2, 0) is 14.3 Å². The zero-order valence-electron chi connectivity index (χ0n) is 16.5. The van der Waals surface area contributed by atoms with Crippen LogP contribution in [0.4, 0.5) is 0 Å². The van der Waals surface area contributed by atoms with E-state index in [1.165, 1.54) is 10.5 Å². The van der Waals surface area contributed by atoms with E-state index in [2.05, 4.69) is 13.8 Å². The fraction of sp³-hybridized carbons (Fsp3) is 0.524. The zero-order valence-corrected chi connectivity index (χ0v) is 16.5. The maximum Gasteiger partial charge on any atom is 0.290 e. The maximum absolute atomic E-state index is 13.0. The number of ether oxygens (including phenoxy) is 1. The predicted molar refractivity (Wildman–Crippen MR) is 101 cm³/mol. The Kier molecular flexibility index (Phi) is 5.91. The van der Waals surface area contributed by atoms with Crippen LogP contribution in [-0.4, -0.2) is 42.0 Å². The Labute approximate surface area is 155 Å². The highest BCUT2D eigenvalue weighted by Crippen LogP contribution is 2.40. The second kappa shape index (κ2) is 7.62. The number of carbonyl (C=O) groups is 2. The van der Waals surface area contributed by atoms with E-state index in [-0.39, 0.29) is 11.4 Å². The number of nitrogens with zero attached hydrogens (tertiary/aromatic N) is 1. The van der Waals surface area contributed by atoms with Gasteiger partial charge in [0.2, 0.25) is 0 Å². The highest BCUT2D eigenvalue weighted by molar-refractivity contribution is 6.10. The molecule has 0 aliphatic carbocycles. The lowest BCUT2D eigenvalue weighted by atomic mass is 9.82. The van der Waals surface area contributed by atoms with Crippen molar-refractivity contribution in [3.05, 3.63) is 46.7 Å². The summed E-state index contributed by atoms with van der Waals surface area (Å²) in [6.45, 7) is 10.2. The van der Waals surface area contributed by atoms with Gasteiger partial charge < -0.3 is 14.7 Å². The molecule has 1 aliphatic heterocycles. The minimum absolute atomic E-state index is 0.177. The molecule has 1 atom stereocenters. The number of benzene rings is 1. The number of Topliss-reactive ketones (excluding diaryl/α,β-unsaturated/α-hetero) is 1. The second-order valence-corrected chi connectivity index (χ2v) is 8.06. The molecule has 0 saturated carbocycles. The molecule has 0 spiro atoms. The van der Waals surface area contributed by atoms with Crippen LogP contribution >= 0.6 is 0 Å².